The van der Waals surface area contributed by atoms with Gasteiger partial charge in [0.2, 0.25) is 0 Å². The molecule has 0 aliphatic carbocycles. The average Bonchev–Trinajstić information content (AvgIpc) is 2.99. The van der Waals surface area contributed by atoms with Crippen molar-refractivity contribution in [2.45, 2.75) is 6.92 Å². The van der Waals surface area contributed by atoms with Crippen LogP contribution < -0.4 is 5.32 Å². The van der Waals surface area contributed by atoms with Crippen LogP contribution in [0.5, 0.6) is 5.75 Å². The summed E-state index contributed by atoms with van der Waals surface area (Å²) in [6.07, 6.45) is 1.76. The van der Waals surface area contributed by atoms with Gasteiger partial charge in [0, 0.05) is 12.3 Å². The van der Waals surface area contributed by atoms with E-state index in [-0.39, 0.29) is 17.2 Å². The number of benzene rings is 2. The maximum absolute atomic E-state index is 12.2. The highest BCUT2D eigenvalue weighted by molar-refractivity contribution is 6.05. The van der Waals surface area contributed by atoms with Crippen LogP contribution in [-0.2, 0) is 0 Å². The maximum Gasteiger partial charge on any atom is 0.260 e. The highest BCUT2D eigenvalue weighted by Gasteiger charge is 2.13. The molecule has 2 aromatic carbocycles. The Kier molecular flexibility index (Phi) is 3.62. The molecular formula is C17H15N3O2. The van der Waals surface area contributed by atoms with Crippen molar-refractivity contribution in [1.29, 1.82) is 0 Å². The molecule has 0 spiro atoms. The van der Waals surface area contributed by atoms with Crippen LogP contribution >= 0.6 is 0 Å². The zero-order valence-electron chi connectivity index (χ0n) is 12.0. The van der Waals surface area contributed by atoms with Crippen LogP contribution in [0.2, 0.25) is 0 Å². The first-order chi connectivity index (χ1) is 10.6. The molecule has 0 saturated carbocycles. The van der Waals surface area contributed by atoms with E-state index in [1.165, 1.54) is 6.07 Å². The fourth-order valence-corrected chi connectivity index (χ4v) is 2.13. The third kappa shape index (κ3) is 2.83. The maximum atomic E-state index is 12.2. The smallest absolute Gasteiger partial charge is 0.260 e. The van der Waals surface area contributed by atoms with E-state index in [1.54, 1.807) is 29.1 Å². The fourth-order valence-electron chi connectivity index (χ4n) is 2.13. The summed E-state index contributed by atoms with van der Waals surface area (Å²) in [4.78, 5) is 12.2. The van der Waals surface area contributed by atoms with Gasteiger partial charge >= 0.3 is 0 Å². The number of phenols is 1. The van der Waals surface area contributed by atoms with Crippen molar-refractivity contribution >= 4 is 11.7 Å². The standard InChI is InChI=1S/C17H15N3O2/c1-12-7-8-15(21)14(11-12)17(22)18-16-9-10-20(19-16)13-5-3-2-4-6-13/h2-11,21H,1H3,(H,18,19,22). The van der Waals surface area contributed by atoms with Crippen LogP contribution in [0, 0.1) is 6.92 Å². The second-order valence-corrected chi connectivity index (χ2v) is 4.96. The van der Waals surface area contributed by atoms with Gasteiger partial charge in [0.25, 0.3) is 5.91 Å². The van der Waals surface area contributed by atoms with Crippen LogP contribution in [0.1, 0.15) is 15.9 Å². The minimum Gasteiger partial charge on any atom is -0.507 e. The Bertz CT molecular complexity index is 810. The molecule has 0 aliphatic heterocycles. The number of aromatic hydroxyl groups is 1. The number of carbonyl (C=O) groups is 1. The number of hydrogen-bond acceptors (Lipinski definition) is 3. The first kappa shape index (κ1) is 13.9. The molecule has 2 N–H and O–H groups in total. The molecule has 0 aliphatic rings. The number of nitrogens with zero attached hydrogens (tertiary/aromatic N) is 2. The quantitative estimate of drug-likeness (QED) is 0.779. The minimum atomic E-state index is -0.389. The summed E-state index contributed by atoms with van der Waals surface area (Å²) in [6, 6.07) is 16.2. The molecule has 22 heavy (non-hydrogen) atoms. The van der Waals surface area contributed by atoms with E-state index in [0.717, 1.165) is 11.3 Å². The Hall–Kier alpha value is -3.08. The molecule has 0 saturated heterocycles. The number of amides is 1. The number of para-hydroxylation sites is 1. The van der Waals surface area contributed by atoms with Crippen molar-refractivity contribution in [3.8, 4) is 11.4 Å². The summed E-state index contributed by atoms with van der Waals surface area (Å²) in [5, 5.41) is 16.8. The monoisotopic (exact) mass is 293 g/mol. The normalized spacial score (nSPS) is 10.4. The molecule has 1 amide bonds. The van der Waals surface area contributed by atoms with Crippen LogP contribution in [-0.4, -0.2) is 20.8 Å². The van der Waals surface area contributed by atoms with Gasteiger partial charge in [-0.2, -0.15) is 5.10 Å². The van der Waals surface area contributed by atoms with Gasteiger partial charge in [-0.1, -0.05) is 29.8 Å². The molecule has 3 rings (SSSR count). The van der Waals surface area contributed by atoms with E-state index in [4.69, 9.17) is 0 Å². The molecule has 1 aromatic heterocycles. The average molecular weight is 293 g/mol. The second-order valence-electron chi connectivity index (χ2n) is 4.96. The zero-order valence-corrected chi connectivity index (χ0v) is 12.0. The SMILES string of the molecule is Cc1ccc(O)c(C(=O)Nc2ccn(-c3ccccc3)n2)c1. The van der Waals surface area contributed by atoms with Crippen molar-refractivity contribution in [1.82, 2.24) is 9.78 Å². The van der Waals surface area contributed by atoms with Crippen molar-refractivity contribution < 1.29 is 9.90 Å². The minimum absolute atomic E-state index is 0.0504. The predicted molar refractivity (Wildman–Crippen MR) is 84.4 cm³/mol. The van der Waals surface area contributed by atoms with E-state index in [9.17, 15) is 9.90 Å². The molecule has 0 unspecified atom stereocenters. The Morgan fingerprint density at radius 2 is 1.91 bits per heavy atom. The van der Waals surface area contributed by atoms with E-state index in [1.807, 2.05) is 37.3 Å². The van der Waals surface area contributed by atoms with Gasteiger partial charge in [0.05, 0.1) is 11.3 Å². The van der Waals surface area contributed by atoms with Crippen molar-refractivity contribution in [3.63, 3.8) is 0 Å². The van der Waals surface area contributed by atoms with Crippen LogP contribution in [0.25, 0.3) is 5.69 Å². The first-order valence-corrected chi connectivity index (χ1v) is 6.85. The molecule has 1 heterocycles. The molecular weight excluding hydrogens is 278 g/mol. The summed E-state index contributed by atoms with van der Waals surface area (Å²) in [5.41, 5.74) is 2.04. The third-order valence-electron chi connectivity index (χ3n) is 3.25. The molecule has 0 fully saturated rings. The van der Waals surface area contributed by atoms with E-state index in [0.29, 0.717) is 5.82 Å². The topological polar surface area (TPSA) is 67.2 Å². The lowest BCUT2D eigenvalue weighted by molar-refractivity contribution is 0.102. The third-order valence-corrected chi connectivity index (χ3v) is 3.25. The Morgan fingerprint density at radius 3 is 2.68 bits per heavy atom. The van der Waals surface area contributed by atoms with Crippen LogP contribution in [0.15, 0.2) is 60.8 Å². The number of hydrogen-bond donors (Lipinski definition) is 2. The van der Waals surface area contributed by atoms with E-state index >= 15 is 0 Å². The van der Waals surface area contributed by atoms with Gasteiger partial charge in [-0.3, -0.25) is 4.79 Å². The fraction of sp³-hybridized carbons (Fsp3) is 0.0588. The molecule has 0 radical (unpaired) electrons. The number of aromatic nitrogens is 2. The van der Waals surface area contributed by atoms with Crippen molar-refractivity contribution in [3.05, 3.63) is 71.9 Å². The van der Waals surface area contributed by atoms with E-state index < -0.39 is 0 Å². The van der Waals surface area contributed by atoms with Gasteiger partial charge in [-0.05, 0) is 31.2 Å². The van der Waals surface area contributed by atoms with Gasteiger partial charge < -0.3 is 10.4 Å². The zero-order chi connectivity index (χ0) is 15.5. The van der Waals surface area contributed by atoms with Gasteiger partial charge in [0.1, 0.15) is 5.75 Å². The van der Waals surface area contributed by atoms with Crippen molar-refractivity contribution in [2.24, 2.45) is 0 Å². The summed E-state index contributed by atoms with van der Waals surface area (Å²) in [5.74, 6) is -0.0140. The Balaban J connectivity index is 1.81. The second kappa shape index (κ2) is 5.73. The largest absolute Gasteiger partial charge is 0.507 e. The lowest BCUT2D eigenvalue weighted by Crippen LogP contribution is -2.13. The van der Waals surface area contributed by atoms with Gasteiger partial charge in [0.15, 0.2) is 5.82 Å². The molecule has 5 heteroatoms. The number of rotatable bonds is 3. The van der Waals surface area contributed by atoms with Gasteiger partial charge in [-0.15, -0.1) is 0 Å². The molecule has 5 nitrogen and oxygen atoms in total. The predicted octanol–water partition coefficient (Wildman–Crippen LogP) is 3.14. The summed E-state index contributed by atoms with van der Waals surface area (Å²) < 4.78 is 1.67. The lowest BCUT2D eigenvalue weighted by Gasteiger charge is -2.05. The molecule has 3 aromatic rings. The van der Waals surface area contributed by atoms with Crippen LogP contribution in [0.3, 0.4) is 0 Å². The number of carbonyl (C=O) groups excluding carboxylic acids is 1. The molecule has 110 valence electrons. The van der Waals surface area contributed by atoms with Crippen molar-refractivity contribution in [2.75, 3.05) is 5.32 Å². The number of phenolic OH excluding ortho intramolecular Hbond substituents is 1. The number of anilines is 1. The lowest BCUT2D eigenvalue weighted by atomic mass is 10.1. The summed E-state index contributed by atoms with van der Waals surface area (Å²) in [6.45, 7) is 1.86. The Labute approximate surface area is 127 Å². The highest BCUT2D eigenvalue weighted by atomic mass is 16.3. The summed E-state index contributed by atoms with van der Waals surface area (Å²) >= 11 is 0. The molecule has 0 bridgehead atoms. The van der Waals surface area contributed by atoms with Crippen LogP contribution in [0.4, 0.5) is 5.82 Å². The summed E-state index contributed by atoms with van der Waals surface area (Å²) in [7, 11) is 0. The number of nitrogens with one attached hydrogen (secondary N) is 1. The highest BCUT2D eigenvalue weighted by Crippen LogP contribution is 2.19. The first-order valence-electron chi connectivity index (χ1n) is 6.85. The van der Waals surface area contributed by atoms with Gasteiger partial charge in [-0.25, -0.2) is 4.68 Å². The number of aryl methyl sites for hydroxylation is 1. The Morgan fingerprint density at radius 1 is 1.14 bits per heavy atom. The molecule has 0 atom stereocenters. The van der Waals surface area contributed by atoms with E-state index in [2.05, 4.69) is 10.4 Å².